The molecule has 1 aromatic heterocycles. The predicted octanol–water partition coefficient (Wildman–Crippen LogP) is 4.30. The third-order valence-corrected chi connectivity index (χ3v) is 4.89. The molecule has 28 heavy (non-hydrogen) atoms. The number of anilines is 2. The summed E-state index contributed by atoms with van der Waals surface area (Å²) in [6.07, 6.45) is 2.68. The highest BCUT2D eigenvalue weighted by Crippen LogP contribution is 2.24. The van der Waals surface area contributed by atoms with Crippen molar-refractivity contribution in [3.63, 3.8) is 0 Å². The van der Waals surface area contributed by atoms with Gasteiger partial charge in [-0.15, -0.1) is 0 Å². The van der Waals surface area contributed by atoms with Crippen LogP contribution in [0.4, 0.5) is 11.5 Å². The Morgan fingerprint density at radius 3 is 2.68 bits per heavy atom. The van der Waals surface area contributed by atoms with Gasteiger partial charge in [0, 0.05) is 30.5 Å². The monoisotopic (exact) mass is 373 g/mol. The van der Waals surface area contributed by atoms with Crippen molar-refractivity contribution in [1.82, 2.24) is 4.98 Å². The van der Waals surface area contributed by atoms with Crippen LogP contribution in [0.15, 0.2) is 66.9 Å². The van der Waals surface area contributed by atoms with Crippen molar-refractivity contribution in [3.8, 4) is 5.75 Å². The molecule has 0 spiro atoms. The first kappa shape index (κ1) is 18.0. The molecule has 1 N–H and O–H groups in total. The molecule has 0 atom stereocenters. The van der Waals surface area contributed by atoms with Crippen molar-refractivity contribution in [3.05, 3.63) is 83.6 Å². The summed E-state index contributed by atoms with van der Waals surface area (Å²) in [6.45, 7) is 4.27. The maximum absolute atomic E-state index is 12.7. The Kier molecular flexibility index (Phi) is 5.24. The highest BCUT2D eigenvalue weighted by molar-refractivity contribution is 6.04. The van der Waals surface area contributed by atoms with Gasteiger partial charge in [-0.3, -0.25) is 4.79 Å². The molecule has 2 aromatic carbocycles. The quantitative estimate of drug-likeness (QED) is 0.725. The van der Waals surface area contributed by atoms with Crippen molar-refractivity contribution < 1.29 is 9.53 Å². The number of benzene rings is 2. The highest BCUT2D eigenvalue weighted by Gasteiger charge is 2.18. The van der Waals surface area contributed by atoms with Crippen LogP contribution in [0.1, 0.15) is 28.4 Å². The van der Waals surface area contributed by atoms with Gasteiger partial charge in [-0.25, -0.2) is 4.98 Å². The second kappa shape index (κ2) is 8.13. The molecule has 0 fully saturated rings. The number of nitrogens with zero attached hydrogens (tertiary/aromatic N) is 2. The molecule has 5 nitrogen and oxygen atoms in total. The molecule has 3 aromatic rings. The summed E-state index contributed by atoms with van der Waals surface area (Å²) in [4.78, 5) is 19.4. The summed E-state index contributed by atoms with van der Waals surface area (Å²) in [5.41, 5.74) is 4.04. The van der Waals surface area contributed by atoms with Crippen molar-refractivity contribution in [2.45, 2.75) is 19.9 Å². The number of hydrogen-bond acceptors (Lipinski definition) is 4. The van der Waals surface area contributed by atoms with E-state index in [-0.39, 0.29) is 5.91 Å². The van der Waals surface area contributed by atoms with Crippen LogP contribution in [-0.2, 0) is 13.0 Å². The summed E-state index contributed by atoms with van der Waals surface area (Å²) in [6, 6.07) is 19.5. The van der Waals surface area contributed by atoms with Crippen LogP contribution in [0.5, 0.6) is 5.75 Å². The Hall–Kier alpha value is -3.34. The summed E-state index contributed by atoms with van der Waals surface area (Å²) in [5, 5.41) is 2.93. The minimum atomic E-state index is -0.148. The van der Waals surface area contributed by atoms with Gasteiger partial charge in [-0.1, -0.05) is 24.3 Å². The molecule has 1 amide bonds. The van der Waals surface area contributed by atoms with Crippen LogP contribution >= 0.6 is 0 Å². The molecule has 4 rings (SSSR count). The molecule has 0 unspecified atom stereocenters. The van der Waals surface area contributed by atoms with Crippen molar-refractivity contribution in [1.29, 1.82) is 0 Å². The summed E-state index contributed by atoms with van der Waals surface area (Å²) < 4.78 is 5.43. The van der Waals surface area contributed by atoms with Crippen LogP contribution < -0.4 is 15.0 Å². The zero-order valence-electron chi connectivity index (χ0n) is 15.9. The molecule has 0 aliphatic carbocycles. The second-order valence-electron chi connectivity index (χ2n) is 6.75. The molecule has 0 saturated heterocycles. The Bertz CT molecular complexity index is 970. The Balaban J connectivity index is 1.47. The Morgan fingerprint density at radius 1 is 1.11 bits per heavy atom. The molecule has 0 bridgehead atoms. The van der Waals surface area contributed by atoms with E-state index in [9.17, 15) is 4.79 Å². The third kappa shape index (κ3) is 3.98. The molecule has 142 valence electrons. The van der Waals surface area contributed by atoms with Crippen LogP contribution in [0.25, 0.3) is 0 Å². The molecule has 1 aliphatic heterocycles. The highest BCUT2D eigenvalue weighted by atomic mass is 16.5. The summed E-state index contributed by atoms with van der Waals surface area (Å²) in [5.74, 6) is 1.47. The van der Waals surface area contributed by atoms with Gasteiger partial charge in [0.2, 0.25) is 0 Å². The molecule has 1 aliphatic rings. The van der Waals surface area contributed by atoms with Gasteiger partial charge in [-0.05, 0) is 60.9 Å². The minimum Gasteiger partial charge on any atom is -0.494 e. The molecule has 2 heterocycles. The van der Waals surface area contributed by atoms with Crippen molar-refractivity contribution in [2.75, 3.05) is 23.4 Å². The normalized spacial score (nSPS) is 13.0. The number of pyridine rings is 1. The number of rotatable bonds is 5. The van der Waals surface area contributed by atoms with Gasteiger partial charge in [0.1, 0.15) is 11.6 Å². The molecular formula is C23H23N3O2. The zero-order chi connectivity index (χ0) is 19.3. The van der Waals surface area contributed by atoms with E-state index in [4.69, 9.17) is 4.74 Å². The van der Waals surface area contributed by atoms with Gasteiger partial charge in [0.25, 0.3) is 5.91 Å². The number of carbonyl (C=O) groups is 1. The number of amides is 1. The van der Waals surface area contributed by atoms with Crippen molar-refractivity contribution >= 4 is 17.4 Å². The Morgan fingerprint density at radius 2 is 1.89 bits per heavy atom. The van der Waals surface area contributed by atoms with Crippen LogP contribution in [0.3, 0.4) is 0 Å². The fourth-order valence-corrected chi connectivity index (χ4v) is 3.43. The SMILES string of the molecule is CCOc1ccc(NC(=O)c2ccnc(N3CCc4ccccc4C3)c2)cc1. The maximum Gasteiger partial charge on any atom is 0.255 e. The van der Waals surface area contributed by atoms with E-state index in [0.717, 1.165) is 36.8 Å². The lowest BCUT2D eigenvalue weighted by atomic mass is 10.00. The van der Waals surface area contributed by atoms with Gasteiger partial charge >= 0.3 is 0 Å². The van der Waals surface area contributed by atoms with Crippen LogP contribution in [0, 0.1) is 0 Å². The largest absolute Gasteiger partial charge is 0.494 e. The number of fused-ring (bicyclic) bond motifs is 1. The van der Waals surface area contributed by atoms with Crippen LogP contribution in [0.2, 0.25) is 0 Å². The second-order valence-corrected chi connectivity index (χ2v) is 6.75. The predicted molar refractivity (Wildman–Crippen MR) is 111 cm³/mol. The minimum absolute atomic E-state index is 0.148. The van der Waals surface area contributed by atoms with Crippen molar-refractivity contribution in [2.24, 2.45) is 0 Å². The van der Waals surface area contributed by atoms with Gasteiger partial charge in [0.15, 0.2) is 0 Å². The van der Waals surface area contributed by atoms with E-state index < -0.39 is 0 Å². The van der Waals surface area contributed by atoms with E-state index in [1.165, 1.54) is 11.1 Å². The topological polar surface area (TPSA) is 54.5 Å². The summed E-state index contributed by atoms with van der Waals surface area (Å²) in [7, 11) is 0. The maximum atomic E-state index is 12.7. The van der Waals surface area contributed by atoms with Gasteiger partial charge in [0.05, 0.1) is 6.61 Å². The van der Waals surface area contributed by atoms with E-state index in [0.29, 0.717) is 12.2 Å². The first-order valence-corrected chi connectivity index (χ1v) is 9.55. The number of ether oxygens (including phenoxy) is 1. The lowest BCUT2D eigenvalue weighted by Crippen LogP contribution is -2.31. The van der Waals surface area contributed by atoms with E-state index >= 15 is 0 Å². The first-order chi connectivity index (χ1) is 13.7. The first-order valence-electron chi connectivity index (χ1n) is 9.55. The molecule has 0 radical (unpaired) electrons. The van der Waals surface area contributed by atoms with E-state index in [1.54, 1.807) is 12.3 Å². The van der Waals surface area contributed by atoms with E-state index in [1.807, 2.05) is 37.3 Å². The number of carbonyl (C=O) groups excluding carboxylic acids is 1. The fourth-order valence-electron chi connectivity index (χ4n) is 3.43. The average molecular weight is 373 g/mol. The third-order valence-electron chi connectivity index (χ3n) is 4.89. The Labute approximate surface area is 165 Å². The average Bonchev–Trinajstić information content (AvgIpc) is 2.75. The van der Waals surface area contributed by atoms with Crippen LogP contribution in [-0.4, -0.2) is 24.0 Å². The number of aromatic nitrogens is 1. The lowest BCUT2D eigenvalue weighted by molar-refractivity contribution is 0.102. The summed E-state index contributed by atoms with van der Waals surface area (Å²) >= 11 is 0. The molecular weight excluding hydrogens is 350 g/mol. The number of nitrogens with one attached hydrogen (secondary N) is 1. The fraction of sp³-hybridized carbons (Fsp3) is 0.217. The number of hydrogen-bond donors (Lipinski definition) is 1. The molecule has 5 heteroatoms. The zero-order valence-corrected chi connectivity index (χ0v) is 15.9. The van der Waals surface area contributed by atoms with Gasteiger partial charge < -0.3 is 15.0 Å². The lowest BCUT2D eigenvalue weighted by Gasteiger charge is -2.29. The standard InChI is InChI=1S/C23H23N3O2/c1-2-28-21-9-7-20(8-10-21)25-23(27)18-11-13-24-22(15-18)26-14-12-17-5-3-4-6-19(17)16-26/h3-11,13,15H,2,12,14,16H2,1H3,(H,25,27). The smallest absolute Gasteiger partial charge is 0.255 e. The van der Waals surface area contributed by atoms with Gasteiger partial charge in [-0.2, -0.15) is 0 Å². The van der Waals surface area contributed by atoms with E-state index in [2.05, 4.69) is 39.5 Å². The molecule has 0 saturated carbocycles.